The average molecular weight is 631 g/mol. The standard InChI is InChI=1S/C31H31F5N6O3/c1-17-16-45-29-26(33)23(32)11-21-27(29)42(17)30(31(34,35)36)22(28(21)43)15-41(13-18-7-8-38-25(10-18)44-2)20-4-3-9-40(14-20)19-5-6-24(37)39-12-19/h5-8,10-12,17,20H,3-4,9,13-16H2,1-2H3,(H2,37,39)/t17?,20-/m0/s1. The summed E-state index contributed by atoms with van der Waals surface area (Å²) in [5, 5.41) is -0.373. The monoisotopic (exact) mass is 630 g/mol. The average Bonchev–Trinajstić information content (AvgIpc) is 3.02. The summed E-state index contributed by atoms with van der Waals surface area (Å²) in [4.78, 5) is 26.2. The number of nitrogens with zero attached hydrogens (tertiary/aromatic N) is 5. The number of alkyl halides is 3. The second-order valence-electron chi connectivity index (χ2n) is 11.4. The van der Waals surface area contributed by atoms with Crippen LogP contribution in [0.4, 0.5) is 33.5 Å². The van der Waals surface area contributed by atoms with E-state index >= 15 is 13.2 Å². The number of nitrogen functional groups attached to an aromatic ring is 1. The van der Waals surface area contributed by atoms with Gasteiger partial charge in [-0.15, -0.1) is 0 Å². The number of methoxy groups -OCH3 is 1. The zero-order valence-corrected chi connectivity index (χ0v) is 24.6. The van der Waals surface area contributed by atoms with Crippen LogP contribution in [0.5, 0.6) is 11.6 Å². The third-order valence-corrected chi connectivity index (χ3v) is 8.42. The first-order chi connectivity index (χ1) is 21.5. The van der Waals surface area contributed by atoms with Crippen LogP contribution in [0.1, 0.15) is 42.6 Å². The summed E-state index contributed by atoms with van der Waals surface area (Å²) in [6.45, 7) is 2.03. The van der Waals surface area contributed by atoms with E-state index in [1.54, 1.807) is 24.4 Å². The molecular formula is C31H31F5N6O3. The van der Waals surface area contributed by atoms with Gasteiger partial charge in [0.05, 0.1) is 35.9 Å². The number of benzene rings is 1. The molecule has 1 fully saturated rings. The Hall–Kier alpha value is -4.46. The summed E-state index contributed by atoms with van der Waals surface area (Å²) in [5.41, 5.74) is 4.11. The van der Waals surface area contributed by atoms with E-state index in [1.807, 2.05) is 11.0 Å². The normalized spacial score (nSPS) is 18.4. The van der Waals surface area contributed by atoms with Crippen LogP contribution in [-0.4, -0.2) is 52.3 Å². The summed E-state index contributed by atoms with van der Waals surface area (Å²) in [6.07, 6.45) is -0.445. The molecule has 14 heteroatoms. The van der Waals surface area contributed by atoms with E-state index in [0.29, 0.717) is 42.8 Å². The number of anilines is 2. The molecule has 0 radical (unpaired) electrons. The Balaban J connectivity index is 1.50. The number of piperidine rings is 1. The molecule has 2 aliphatic heterocycles. The van der Waals surface area contributed by atoms with Gasteiger partial charge in [0.1, 0.15) is 18.1 Å². The molecule has 0 spiro atoms. The van der Waals surface area contributed by atoms with Crippen LogP contribution in [0.25, 0.3) is 10.9 Å². The number of ether oxygens (including phenoxy) is 2. The largest absolute Gasteiger partial charge is 0.486 e. The van der Waals surface area contributed by atoms with Crippen molar-refractivity contribution in [2.45, 2.75) is 51.1 Å². The Morgan fingerprint density at radius 1 is 1.16 bits per heavy atom. The maximum absolute atomic E-state index is 15.0. The van der Waals surface area contributed by atoms with E-state index in [1.165, 1.54) is 20.2 Å². The van der Waals surface area contributed by atoms with Crippen molar-refractivity contribution in [3.05, 3.63) is 81.4 Å². The lowest BCUT2D eigenvalue weighted by atomic mass is 9.99. The van der Waals surface area contributed by atoms with Crippen molar-refractivity contribution in [2.75, 3.05) is 37.4 Å². The Kier molecular flexibility index (Phi) is 8.02. The first-order valence-corrected chi connectivity index (χ1v) is 14.4. The molecular weight excluding hydrogens is 599 g/mol. The second-order valence-corrected chi connectivity index (χ2v) is 11.4. The molecule has 0 saturated carbocycles. The number of pyridine rings is 3. The molecule has 1 aromatic carbocycles. The highest BCUT2D eigenvalue weighted by molar-refractivity contribution is 5.87. The van der Waals surface area contributed by atoms with Crippen molar-refractivity contribution in [1.82, 2.24) is 19.4 Å². The van der Waals surface area contributed by atoms with Gasteiger partial charge in [0, 0.05) is 50.0 Å². The van der Waals surface area contributed by atoms with Crippen molar-refractivity contribution in [1.29, 1.82) is 0 Å². The Labute approximate surface area is 255 Å². The summed E-state index contributed by atoms with van der Waals surface area (Å²) in [6, 6.07) is 6.37. The predicted octanol–water partition coefficient (Wildman–Crippen LogP) is 5.30. The number of hydrogen-bond donors (Lipinski definition) is 1. The summed E-state index contributed by atoms with van der Waals surface area (Å²) in [5.74, 6) is -2.81. The van der Waals surface area contributed by atoms with Crippen molar-refractivity contribution in [3.8, 4) is 11.6 Å². The van der Waals surface area contributed by atoms with Gasteiger partial charge >= 0.3 is 6.18 Å². The Bertz CT molecular complexity index is 1800. The van der Waals surface area contributed by atoms with E-state index < -0.39 is 58.3 Å². The van der Waals surface area contributed by atoms with Crippen LogP contribution < -0.4 is 25.5 Å². The number of halogens is 5. The molecule has 1 unspecified atom stereocenters. The first-order valence-electron chi connectivity index (χ1n) is 14.4. The molecule has 6 rings (SSSR count). The van der Waals surface area contributed by atoms with Gasteiger partial charge in [-0.1, -0.05) is 0 Å². The molecule has 1 saturated heterocycles. The highest BCUT2D eigenvalue weighted by Crippen LogP contribution is 2.42. The van der Waals surface area contributed by atoms with Gasteiger partial charge in [0.25, 0.3) is 0 Å². The fourth-order valence-corrected chi connectivity index (χ4v) is 6.32. The van der Waals surface area contributed by atoms with E-state index in [4.69, 9.17) is 15.2 Å². The van der Waals surface area contributed by atoms with Gasteiger partial charge in [-0.05, 0) is 49.6 Å². The number of nitrogens with two attached hydrogens (primary N) is 1. The van der Waals surface area contributed by atoms with Gasteiger partial charge in [-0.2, -0.15) is 17.6 Å². The van der Waals surface area contributed by atoms with E-state index in [2.05, 4.69) is 14.9 Å². The summed E-state index contributed by atoms with van der Waals surface area (Å²) >= 11 is 0. The van der Waals surface area contributed by atoms with Crippen LogP contribution >= 0.6 is 0 Å². The van der Waals surface area contributed by atoms with Crippen molar-refractivity contribution in [3.63, 3.8) is 0 Å². The first kappa shape index (κ1) is 30.6. The van der Waals surface area contributed by atoms with Crippen LogP contribution in [0.3, 0.4) is 0 Å². The lowest BCUT2D eigenvalue weighted by molar-refractivity contribution is -0.145. The molecule has 2 aliphatic rings. The quantitative estimate of drug-likeness (QED) is 0.275. The minimum atomic E-state index is -4.99. The number of aromatic nitrogens is 3. The highest BCUT2D eigenvalue weighted by Gasteiger charge is 2.43. The van der Waals surface area contributed by atoms with Gasteiger partial charge in [0.2, 0.25) is 11.7 Å². The second kappa shape index (κ2) is 11.8. The van der Waals surface area contributed by atoms with Crippen LogP contribution in [0.15, 0.2) is 47.5 Å². The maximum atomic E-state index is 15.0. The third kappa shape index (κ3) is 5.74. The zero-order valence-electron chi connectivity index (χ0n) is 24.6. The molecule has 9 nitrogen and oxygen atoms in total. The zero-order chi connectivity index (χ0) is 32.0. The lowest BCUT2D eigenvalue weighted by Crippen LogP contribution is -2.48. The highest BCUT2D eigenvalue weighted by atomic mass is 19.4. The molecule has 5 heterocycles. The number of hydrogen-bond acceptors (Lipinski definition) is 8. The minimum absolute atomic E-state index is 0.161. The van der Waals surface area contributed by atoms with Gasteiger partial charge in [-0.25, -0.2) is 14.4 Å². The molecule has 0 bridgehead atoms. The van der Waals surface area contributed by atoms with Gasteiger partial charge in [-0.3, -0.25) is 9.69 Å². The predicted molar refractivity (Wildman–Crippen MR) is 157 cm³/mol. The van der Waals surface area contributed by atoms with E-state index in [9.17, 15) is 13.6 Å². The smallest absolute Gasteiger partial charge is 0.431 e. The third-order valence-electron chi connectivity index (χ3n) is 8.42. The van der Waals surface area contributed by atoms with E-state index in [-0.39, 0.29) is 24.6 Å². The van der Waals surface area contributed by atoms with Gasteiger partial charge < -0.3 is 24.7 Å². The SMILES string of the molecule is COc1cc(CN(Cc2c(C(F)(F)F)n3c4c(c(F)c(F)cc4c2=O)OCC3C)[C@H]2CCCN(c3ccc(N)nc3)C2)ccn1. The molecule has 3 aromatic heterocycles. The molecule has 2 atom stereocenters. The molecule has 238 valence electrons. The van der Waals surface area contributed by atoms with Crippen molar-refractivity contribution >= 4 is 22.4 Å². The maximum Gasteiger partial charge on any atom is 0.431 e. The topological polar surface area (TPSA) is 98.7 Å². The van der Waals surface area contributed by atoms with Crippen LogP contribution in [0.2, 0.25) is 0 Å². The Morgan fingerprint density at radius 3 is 2.67 bits per heavy atom. The minimum Gasteiger partial charge on any atom is -0.486 e. The molecule has 2 N–H and O–H groups in total. The summed E-state index contributed by atoms with van der Waals surface area (Å²) in [7, 11) is 1.46. The lowest BCUT2D eigenvalue weighted by Gasteiger charge is -2.41. The molecule has 0 amide bonds. The molecule has 0 aliphatic carbocycles. The molecule has 45 heavy (non-hydrogen) atoms. The van der Waals surface area contributed by atoms with Crippen molar-refractivity contribution < 1.29 is 31.4 Å². The summed E-state index contributed by atoms with van der Waals surface area (Å²) < 4.78 is 85.9. The fraction of sp³-hybridized carbons (Fsp3) is 0.387. The fourth-order valence-electron chi connectivity index (χ4n) is 6.32. The van der Waals surface area contributed by atoms with Crippen molar-refractivity contribution in [2.24, 2.45) is 0 Å². The van der Waals surface area contributed by atoms with Crippen LogP contribution in [-0.2, 0) is 19.3 Å². The number of rotatable bonds is 7. The van der Waals surface area contributed by atoms with Gasteiger partial charge in [0.15, 0.2) is 17.0 Å². The van der Waals surface area contributed by atoms with Crippen LogP contribution in [0, 0.1) is 11.6 Å². The Morgan fingerprint density at radius 2 is 1.96 bits per heavy atom. The molecule has 4 aromatic rings. The van der Waals surface area contributed by atoms with E-state index in [0.717, 1.165) is 16.7 Å².